The number of nitrogens with zero attached hydrogens (tertiary/aromatic N) is 3. The monoisotopic (exact) mass is 317 g/mol. The Bertz CT molecular complexity index is 699. The van der Waals surface area contributed by atoms with Crippen molar-refractivity contribution in [2.45, 2.75) is 33.0 Å². The predicted molar refractivity (Wildman–Crippen MR) is 83.3 cm³/mol. The summed E-state index contributed by atoms with van der Waals surface area (Å²) in [5.74, 6) is -0.547. The third-order valence-corrected chi connectivity index (χ3v) is 3.91. The fourth-order valence-corrected chi connectivity index (χ4v) is 2.78. The highest BCUT2D eigenvalue weighted by Crippen LogP contribution is 2.20. The lowest BCUT2D eigenvalue weighted by Crippen LogP contribution is -2.40. The Morgan fingerprint density at radius 1 is 1.35 bits per heavy atom. The molecule has 0 aromatic carbocycles. The SMILES string of the molecule is CC(C)C(=O)N1Cc2cccn2CC(Oc2ncccc2F)C1. The van der Waals surface area contributed by atoms with Gasteiger partial charge in [-0.05, 0) is 24.3 Å². The number of amides is 1. The van der Waals surface area contributed by atoms with E-state index in [4.69, 9.17) is 4.74 Å². The van der Waals surface area contributed by atoms with Crippen LogP contribution in [0.5, 0.6) is 5.88 Å². The number of aromatic nitrogens is 2. The maximum atomic E-state index is 13.8. The molecule has 0 N–H and O–H groups in total. The number of halogens is 1. The first kappa shape index (κ1) is 15.5. The molecule has 23 heavy (non-hydrogen) atoms. The Hall–Kier alpha value is -2.37. The van der Waals surface area contributed by atoms with E-state index in [1.807, 2.05) is 36.7 Å². The zero-order valence-electron chi connectivity index (χ0n) is 13.3. The highest BCUT2D eigenvalue weighted by Gasteiger charge is 2.27. The minimum absolute atomic E-state index is 0.0231. The van der Waals surface area contributed by atoms with Gasteiger partial charge in [0.2, 0.25) is 5.91 Å². The summed E-state index contributed by atoms with van der Waals surface area (Å²) in [5, 5.41) is 0. The molecule has 1 unspecified atom stereocenters. The quantitative estimate of drug-likeness (QED) is 0.874. The molecule has 1 atom stereocenters. The Balaban J connectivity index is 1.85. The number of carbonyl (C=O) groups is 1. The first-order valence-corrected chi connectivity index (χ1v) is 7.74. The van der Waals surface area contributed by atoms with Crippen LogP contribution in [0.3, 0.4) is 0 Å². The highest BCUT2D eigenvalue weighted by atomic mass is 19.1. The predicted octanol–water partition coefficient (Wildman–Crippen LogP) is 2.47. The summed E-state index contributed by atoms with van der Waals surface area (Å²) < 4.78 is 21.6. The third-order valence-electron chi connectivity index (χ3n) is 3.91. The third kappa shape index (κ3) is 3.36. The number of ether oxygens (including phenoxy) is 1. The lowest BCUT2D eigenvalue weighted by atomic mass is 10.1. The topological polar surface area (TPSA) is 47.4 Å². The van der Waals surface area contributed by atoms with Crippen molar-refractivity contribution in [3.63, 3.8) is 0 Å². The molecule has 2 aromatic heterocycles. The minimum atomic E-state index is -0.494. The van der Waals surface area contributed by atoms with Crippen LogP contribution >= 0.6 is 0 Å². The number of rotatable bonds is 3. The van der Waals surface area contributed by atoms with E-state index in [-0.39, 0.29) is 23.8 Å². The zero-order valence-corrected chi connectivity index (χ0v) is 13.3. The fraction of sp³-hybridized carbons (Fsp3) is 0.412. The number of fused-ring (bicyclic) bond motifs is 1. The van der Waals surface area contributed by atoms with Crippen LogP contribution < -0.4 is 4.74 Å². The molecule has 0 bridgehead atoms. The number of hydrogen-bond donors (Lipinski definition) is 0. The molecule has 0 saturated carbocycles. The molecule has 0 spiro atoms. The molecule has 6 heteroatoms. The van der Waals surface area contributed by atoms with E-state index in [1.54, 1.807) is 4.90 Å². The van der Waals surface area contributed by atoms with Crippen LogP contribution in [0.25, 0.3) is 0 Å². The molecule has 1 aliphatic rings. The summed E-state index contributed by atoms with van der Waals surface area (Å²) in [6, 6.07) is 6.77. The van der Waals surface area contributed by atoms with Gasteiger partial charge in [0, 0.05) is 24.0 Å². The molecule has 3 rings (SSSR count). The van der Waals surface area contributed by atoms with Gasteiger partial charge in [0.1, 0.15) is 6.10 Å². The van der Waals surface area contributed by atoms with Crippen molar-refractivity contribution in [1.29, 1.82) is 0 Å². The number of carbonyl (C=O) groups excluding carboxylic acids is 1. The van der Waals surface area contributed by atoms with E-state index < -0.39 is 5.82 Å². The van der Waals surface area contributed by atoms with Crippen LogP contribution in [0.4, 0.5) is 4.39 Å². The summed E-state index contributed by atoms with van der Waals surface area (Å²) >= 11 is 0. The van der Waals surface area contributed by atoms with Gasteiger partial charge in [-0.25, -0.2) is 9.37 Å². The maximum Gasteiger partial charge on any atom is 0.250 e. The largest absolute Gasteiger partial charge is 0.468 e. The average molecular weight is 317 g/mol. The Morgan fingerprint density at radius 2 is 2.17 bits per heavy atom. The van der Waals surface area contributed by atoms with Crippen molar-refractivity contribution >= 4 is 5.91 Å². The summed E-state index contributed by atoms with van der Waals surface area (Å²) in [4.78, 5) is 18.1. The normalized spacial score (nSPS) is 17.7. The average Bonchev–Trinajstić information content (AvgIpc) is 2.87. The van der Waals surface area contributed by atoms with Gasteiger partial charge in [-0.15, -0.1) is 0 Å². The van der Waals surface area contributed by atoms with Crippen molar-refractivity contribution in [3.05, 3.63) is 48.2 Å². The van der Waals surface area contributed by atoms with Crippen LogP contribution in [0.2, 0.25) is 0 Å². The van der Waals surface area contributed by atoms with Crippen LogP contribution in [-0.2, 0) is 17.9 Å². The molecule has 0 radical (unpaired) electrons. The van der Waals surface area contributed by atoms with E-state index in [1.165, 1.54) is 18.3 Å². The smallest absolute Gasteiger partial charge is 0.250 e. The molecule has 122 valence electrons. The summed E-state index contributed by atoms with van der Waals surface area (Å²) in [6.45, 7) is 5.25. The van der Waals surface area contributed by atoms with E-state index in [9.17, 15) is 9.18 Å². The Labute approximate surface area is 134 Å². The minimum Gasteiger partial charge on any atom is -0.468 e. The first-order chi connectivity index (χ1) is 11.0. The standard InChI is InChI=1S/C17H20FN3O2/c1-12(2)17(22)21-9-13-5-4-8-20(13)10-14(11-21)23-16-15(18)6-3-7-19-16/h3-8,12,14H,9-11H2,1-2H3. The van der Waals surface area contributed by atoms with Crippen LogP contribution in [-0.4, -0.2) is 33.0 Å². The lowest BCUT2D eigenvalue weighted by Gasteiger charge is -2.26. The number of hydrogen-bond acceptors (Lipinski definition) is 3. The van der Waals surface area contributed by atoms with Gasteiger partial charge < -0.3 is 14.2 Å². The van der Waals surface area contributed by atoms with Gasteiger partial charge in [0.25, 0.3) is 5.88 Å². The second-order valence-electron chi connectivity index (χ2n) is 6.06. The zero-order chi connectivity index (χ0) is 16.4. The van der Waals surface area contributed by atoms with Gasteiger partial charge in [-0.3, -0.25) is 4.79 Å². The second kappa shape index (κ2) is 6.40. The molecule has 1 amide bonds. The first-order valence-electron chi connectivity index (χ1n) is 7.74. The Morgan fingerprint density at radius 3 is 2.91 bits per heavy atom. The summed E-state index contributed by atoms with van der Waals surface area (Å²) in [6.07, 6.45) is 3.09. The van der Waals surface area contributed by atoms with Crippen molar-refractivity contribution < 1.29 is 13.9 Å². The van der Waals surface area contributed by atoms with E-state index >= 15 is 0 Å². The molecular formula is C17H20FN3O2. The van der Waals surface area contributed by atoms with Crippen molar-refractivity contribution in [3.8, 4) is 5.88 Å². The lowest BCUT2D eigenvalue weighted by molar-refractivity contribution is -0.136. The maximum absolute atomic E-state index is 13.8. The van der Waals surface area contributed by atoms with E-state index in [0.29, 0.717) is 19.6 Å². The molecule has 3 heterocycles. The molecule has 2 aromatic rings. The number of pyridine rings is 1. The highest BCUT2D eigenvalue weighted by molar-refractivity contribution is 5.78. The molecule has 0 fully saturated rings. The van der Waals surface area contributed by atoms with Gasteiger partial charge in [-0.1, -0.05) is 13.8 Å². The van der Waals surface area contributed by atoms with Crippen LogP contribution in [0.15, 0.2) is 36.7 Å². The molecule has 0 saturated heterocycles. The van der Waals surface area contributed by atoms with Gasteiger partial charge in [-0.2, -0.15) is 0 Å². The summed E-state index contributed by atoms with van der Waals surface area (Å²) in [5.41, 5.74) is 1.05. The van der Waals surface area contributed by atoms with Crippen molar-refractivity contribution in [1.82, 2.24) is 14.5 Å². The second-order valence-corrected chi connectivity index (χ2v) is 6.06. The van der Waals surface area contributed by atoms with Crippen LogP contribution in [0, 0.1) is 11.7 Å². The summed E-state index contributed by atoms with van der Waals surface area (Å²) in [7, 11) is 0. The van der Waals surface area contributed by atoms with Crippen molar-refractivity contribution in [2.24, 2.45) is 5.92 Å². The van der Waals surface area contributed by atoms with Gasteiger partial charge >= 0.3 is 0 Å². The van der Waals surface area contributed by atoms with Crippen LogP contribution in [0.1, 0.15) is 19.5 Å². The molecule has 1 aliphatic heterocycles. The Kier molecular flexibility index (Phi) is 4.32. The fourth-order valence-electron chi connectivity index (χ4n) is 2.78. The van der Waals surface area contributed by atoms with E-state index in [0.717, 1.165) is 5.69 Å². The molecule has 0 aliphatic carbocycles. The van der Waals surface area contributed by atoms with Gasteiger partial charge in [0.15, 0.2) is 5.82 Å². The molecule has 5 nitrogen and oxygen atoms in total. The van der Waals surface area contributed by atoms with Crippen molar-refractivity contribution in [2.75, 3.05) is 6.54 Å². The van der Waals surface area contributed by atoms with E-state index in [2.05, 4.69) is 4.98 Å². The van der Waals surface area contributed by atoms with Gasteiger partial charge in [0.05, 0.1) is 19.6 Å². The molecular weight excluding hydrogens is 297 g/mol.